The first-order chi connectivity index (χ1) is 12.7. The van der Waals surface area contributed by atoms with Crippen molar-refractivity contribution in [3.8, 4) is 22.8 Å². The first-order valence-corrected chi connectivity index (χ1v) is 8.54. The van der Waals surface area contributed by atoms with Crippen molar-refractivity contribution in [2.75, 3.05) is 0 Å². The van der Waals surface area contributed by atoms with Gasteiger partial charge in [-0.1, -0.05) is 47.9 Å². The first-order valence-electron chi connectivity index (χ1n) is 8.17. The number of aromatic nitrogens is 6. The Balaban J connectivity index is 1.49. The van der Waals surface area contributed by atoms with Crippen LogP contribution in [0, 0.1) is 0 Å². The molecule has 26 heavy (non-hydrogen) atoms. The summed E-state index contributed by atoms with van der Waals surface area (Å²) in [6, 6.07) is 15.3. The molecule has 0 amide bonds. The van der Waals surface area contributed by atoms with Gasteiger partial charge in [-0.3, -0.25) is 0 Å². The van der Waals surface area contributed by atoms with Crippen molar-refractivity contribution in [3.05, 3.63) is 64.9 Å². The Bertz CT molecular complexity index is 1010. The maximum absolute atomic E-state index is 5.89. The zero-order valence-electron chi connectivity index (χ0n) is 14.0. The van der Waals surface area contributed by atoms with Crippen molar-refractivity contribution >= 4 is 11.6 Å². The summed E-state index contributed by atoms with van der Waals surface area (Å²) in [4.78, 5) is 5.80. The highest BCUT2D eigenvalue weighted by atomic mass is 35.5. The van der Waals surface area contributed by atoms with E-state index in [9.17, 15) is 0 Å². The zero-order chi connectivity index (χ0) is 17.9. The van der Waals surface area contributed by atoms with E-state index in [1.165, 1.54) is 10.4 Å². The molecule has 2 heterocycles. The summed E-state index contributed by atoms with van der Waals surface area (Å²) in [5, 5.41) is 17.2. The van der Waals surface area contributed by atoms with E-state index < -0.39 is 0 Å². The number of hydrogen-bond acceptors (Lipinski definition) is 6. The summed E-state index contributed by atoms with van der Waals surface area (Å²) in [7, 11) is 0. The molecule has 8 heteroatoms. The number of tetrazole rings is 1. The monoisotopic (exact) mass is 366 g/mol. The third kappa shape index (κ3) is 3.48. The standard InChI is InChI=1S/C18H15ClN6O/c1-2-12-3-5-13(6-4-12)17-21-24-25(22-17)11-16-20-18(26-23-16)14-7-9-15(19)10-8-14/h3-10H,2,11H2,1H3. The highest BCUT2D eigenvalue weighted by Crippen LogP contribution is 2.20. The molecule has 0 saturated heterocycles. The summed E-state index contributed by atoms with van der Waals surface area (Å²) in [6.45, 7) is 2.39. The lowest BCUT2D eigenvalue weighted by Gasteiger charge is -1.97. The van der Waals surface area contributed by atoms with Crippen LogP contribution >= 0.6 is 11.6 Å². The summed E-state index contributed by atoms with van der Waals surface area (Å²) in [5.74, 6) is 1.46. The largest absolute Gasteiger partial charge is 0.334 e. The maximum atomic E-state index is 5.89. The van der Waals surface area contributed by atoms with Crippen LogP contribution in [-0.4, -0.2) is 30.3 Å². The fourth-order valence-electron chi connectivity index (χ4n) is 2.47. The van der Waals surface area contributed by atoms with Gasteiger partial charge in [0.1, 0.15) is 6.54 Å². The van der Waals surface area contributed by atoms with Gasteiger partial charge in [-0.05, 0) is 41.5 Å². The topological polar surface area (TPSA) is 82.5 Å². The van der Waals surface area contributed by atoms with Crippen LogP contribution in [0.25, 0.3) is 22.8 Å². The molecule has 0 unspecified atom stereocenters. The van der Waals surface area contributed by atoms with Crippen LogP contribution in [0.2, 0.25) is 5.02 Å². The van der Waals surface area contributed by atoms with Gasteiger partial charge in [0.15, 0.2) is 5.82 Å². The number of nitrogens with zero attached hydrogens (tertiary/aromatic N) is 6. The van der Waals surface area contributed by atoms with Gasteiger partial charge < -0.3 is 4.52 Å². The number of rotatable bonds is 5. The normalized spacial score (nSPS) is 11.0. The molecule has 4 rings (SSSR count). The molecule has 0 aliphatic heterocycles. The average Bonchev–Trinajstić information content (AvgIpc) is 3.33. The van der Waals surface area contributed by atoms with Crippen LogP contribution in [0.3, 0.4) is 0 Å². The zero-order valence-corrected chi connectivity index (χ0v) is 14.8. The van der Waals surface area contributed by atoms with Crippen molar-refractivity contribution < 1.29 is 4.52 Å². The second-order valence-corrected chi connectivity index (χ2v) is 6.15. The van der Waals surface area contributed by atoms with E-state index >= 15 is 0 Å². The molecule has 0 atom stereocenters. The fourth-order valence-corrected chi connectivity index (χ4v) is 2.60. The Morgan fingerprint density at radius 1 is 1.00 bits per heavy atom. The number of halogens is 1. The van der Waals surface area contributed by atoms with Crippen molar-refractivity contribution in [2.24, 2.45) is 0 Å². The van der Waals surface area contributed by atoms with E-state index in [1.807, 2.05) is 24.3 Å². The first kappa shape index (κ1) is 16.4. The van der Waals surface area contributed by atoms with E-state index in [0.29, 0.717) is 22.6 Å². The molecule has 130 valence electrons. The third-order valence-electron chi connectivity index (χ3n) is 3.92. The van der Waals surface area contributed by atoms with Crippen LogP contribution in [0.4, 0.5) is 0 Å². The molecule has 0 spiro atoms. The fraction of sp³-hybridized carbons (Fsp3) is 0.167. The van der Waals surface area contributed by atoms with Crippen molar-refractivity contribution in [1.82, 2.24) is 30.3 Å². The molecule has 0 aliphatic rings. The van der Waals surface area contributed by atoms with Gasteiger partial charge in [-0.15, -0.1) is 10.2 Å². The van der Waals surface area contributed by atoms with Gasteiger partial charge in [0.25, 0.3) is 5.89 Å². The molecule has 0 N–H and O–H groups in total. The Hall–Kier alpha value is -3.06. The van der Waals surface area contributed by atoms with E-state index in [4.69, 9.17) is 16.1 Å². The SMILES string of the molecule is CCc1ccc(-c2nnn(Cc3noc(-c4ccc(Cl)cc4)n3)n2)cc1. The minimum Gasteiger partial charge on any atom is -0.334 e. The Morgan fingerprint density at radius 2 is 1.73 bits per heavy atom. The molecule has 0 radical (unpaired) electrons. The minimum absolute atomic E-state index is 0.275. The van der Waals surface area contributed by atoms with Gasteiger partial charge >= 0.3 is 0 Å². The van der Waals surface area contributed by atoms with Crippen LogP contribution in [0.15, 0.2) is 53.1 Å². The van der Waals surface area contributed by atoms with E-state index in [0.717, 1.165) is 17.5 Å². The van der Waals surface area contributed by atoms with Gasteiger partial charge in [-0.2, -0.15) is 9.78 Å². The van der Waals surface area contributed by atoms with Crippen LogP contribution < -0.4 is 0 Å². The van der Waals surface area contributed by atoms with Crippen LogP contribution in [0.5, 0.6) is 0 Å². The highest BCUT2D eigenvalue weighted by molar-refractivity contribution is 6.30. The highest BCUT2D eigenvalue weighted by Gasteiger charge is 2.12. The summed E-state index contributed by atoms with van der Waals surface area (Å²) < 4.78 is 5.29. The maximum Gasteiger partial charge on any atom is 0.257 e. The molecule has 4 aromatic rings. The predicted molar refractivity (Wildman–Crippen MR) is 96.5 cm³/mol. The smallest absolute Gasteiger partial charge is 0.257 e. The van der Waals surface area contributed by atoms with E-state index in [1.54, 1.807) is 12.1 Å². The van der Waals surface area contributed by atoms with Crippen LogP contribution in [-0.2, 0) is 13.0 Å². The number of benzene rings is 2. The minimum atomic E-state index is 0.275. The van der Waals surface area contributed by atoms with Crippen molar-refractivity contribution in [1.29, 1.82) is 0 Å². The second-order valence-electron chi connectivity index (χ2n) is 5.72. The second kappa shape index (κ2) is 7.05. The molecule has 2 aromatic heterocycles. The lowest BCUT2D eigenvalue weighted by Crippen LogP contribution is -2.05. The third-order valence-corrected chi connectivity index (χ3v) is 4.17. The van der Waals surface area contributed by atoms with Gasteiger partial charge in [0, 0.05) is 16.1 Å². The predicted octanol–water partition coefficient (Wildman–Crippen LogP) is 3.65. The molecule has 0 aliphatic carbocycles. The molecular formula is C18H15ClN6O. The van der Waals surface area contributed by atoms with Gasteiger partial charge in [-0.25, -0.2) is 0 Å². The summed E-state index contributed by atoms with van der Waals surface area (Å²) in [5.41, 5.74) is 2.99. The molecule has 0 fully saturated rings. The average molecular weight is 367 g/mol. The van der Waals surface area contributed by atoms with Gasteiger partial charge in [0.2, 0.25) is 5.82 Å². The Kier molecular flexibility index (Phi) is 4.45. The van der Waals surface area contributed by atoms with E-state index in [2.05, 4.69) is 44.6 Å². The summed E-state index contributed by atoms with van der Waals surface area (Å²) >= 11 is 5.89. The molecular weight excluding hydrogens is 352 g/mol. The lowest BCUT2D eigenvalue weighted by atomic mass is 10.1. The quantitative estimate of drug-likeness (QED) is 0.536. The van der Waals surface area contributed by atoms with E-state index in [-0.39, 0.29) is 6.54 Å². The van der Waals surface area contributed by atoms with Crippen molar-refractivity contribution in [2.45, 2.75) is 19.9 Å². The number of aryl methyl sites for hydroxylation is 1. The number of hydrogen-bond donors (Lipinski definition) is 0. The molecule has 7 nitrogen and oxygen atoms in total. The summed E-state index contributed by atoms with van der Waals surface area (Å²) in [6.07, 6.45) is 0.994. The van der Waals surface area contributed by atoms with Crippen LogP contribution in [0.1, 0.15) is 18.3 Å². The molecule has 0 saturated carbocycles. The molecule has 2 aromatic carbocycles. The van der Waals surface area contributed by atoms with Gasteiger partial charge in [0.05, 0.1) is 0 Å². The Morgan fingerprint density at radius 3 is 2.46 bits per heavy atom. The Labute approximate surface area is 154 Å². The lowest BCUT2D eigenvalue weighted by molar-refractivity contribution is 0.415. The molecule has 0 bridgehead atoms. The van der Waals surface area contributed by atoms with Crippen molar-refractivity contribution in [3.63, 3.8) is 0 Å².